The fourth-order valence-electron chi connectivity index (χ4n) is 1.99. The highest BCUT2D eigenvalue weighted by Gasteiger charge is 2.19. The van der Waals surface area contributed by atoms with Gasteiger partial charge in [-0.05, 0) is 32.1 Å². The zero-order chi connectivity index (χ0) is 12.8. The third-order valence-electron chi connectivity index (χ3n) is 3.18. The van der Waals surface area contributed by atoms with Gasteiger partial charge in [-0.3, -0.25) is 0 Å². The molecule has 2 rings (SSSR count). The van der Waals surface area contributed by atoms with E-state index in [1.165, 1.54) is 25.7 Å². The van der Waals surface area contributed by atoms with Gasteiger partial charge < -0.3 is 10.6 Å². The minimum atomic E-state index is 0.738. The first-order valence-electron chi connectivity index (χ1n) is 7.11. The third-order valence-corrected chi connectivity index (χ3v) is 3.18. The molecule has 1 heterocycles. The Hall–Kier alpha value is -1.32. The van der Waals surface area contributed by atoms with E-state index in [1.54, 1.807) is 0 Å². The molecule has 1 aromatic heterocycles. The molecule has 0 radical (unpaired) electrons. The normalized spacial score (nSPS) is 14.6. The Morgan fingerprint density at radius 1 is 1.22 bits per heavy atom. The van der Waals surface area contributed by atoms with Crippen LogP contribution in [0.1, 0.15) is 44.7 Å². The molecule has 1 aromatic rings. The van der Waals surface area contributed by atoms with Gasteiger partial charge in [0.2, 0.25) is 5.95 Å². The Bertz CT molecular complexity index is 374. The number of aromatic nitrogens is 2. The summed E-state index contributed by atoms with van der Waals surface area (Å²) in [5.41, 5.74) is 1.01. The number of hydrogen-bond acceptors (Lipinski definition) is 4. The van der Waals surface area contributed by atoms with Gasteiger partial charge in [-0.2, -0.15) is 4.98 Å². The van der Waals surface area contributed by atoms with Crippen molar-refractivity contribution in [3.63, 3.8) is 0 Å². The third kappa shape index (κ3) is 4.51. The average molecular weight is 248 g/mol. The van der Waals surface area contributed by atoms with Crippen LogP contribution < -0.4 is 10.6 Å². The molecule has 0 spiro atoms. The van der Waals surface area contributed by atoms with Crippen LogP contribution in [0.4, 0.5) is 11.8 Å². The molecule has 0 bridgehead atoms. The molecule has 0 aliphatic heterocycles. The van der Waals surface area contributed by atoms with Crippen LogP contribution in [-0.4, -0.2) is 23.1 Å². The van der Waals surface area contributed by atoms with Crippen molar-refractivity contribution in [3.05, 3.63) is 11.8 Å². The number of nitrogens with one attached hydrogen (secondary N) is 2. The van der Waals surface area contributed by atoms with E-state index in [2.05, 4.69) is 27.5 Å². The molecule has 18 heavy (non-hydrogen) atoms. The first-order valence-corrected chi connectivity index (χ1v) is 7.11. The van der Waals surface area contributed by atoms with Crippen molar-refractivity contribution in [2.45, 2.75) is 46.0 Å². The molecule has 100 valence electrons. The van der Waals surface area contributed by atoms with Gasteiger partial charge in [-0.15, -0.1) is 0 Å². The minimum absolute atomic E-state index is 0.738. The SMILES string of the molecule is CCCNc1nc(C)cc(NCCCC2CC2)n1. The lowest BCUT2D eigenvalue weighted by molar-refractivity contribution is 0.686. The molecule has 0 saturated heterocycles. The molecular weight excluding hydrogens is 224 g/mol. The Kier molecular flexibility index (Phi) is 4.79. The molecule has 4 nitrogen and oxygen atoms in total. The number of aryl methyl sites for hydroxylation is 1. The fraction of sp³-hybridized carbons (Fsp3) is 0.714. The van der Waals surface area contributed by atoms with E-state index in [9.17, 15) is 0 Å². The molecule has 0 amide bonds. The van der Waals surface area contributed by atoms with Crippen molar-refractivity contribution in [1.29, 1.82) is 0 Å². The summed E-state index contributed by atoms with van der Waals surface area (Å²) in [6, 6.07) is 2.01. The topological polar surface area (TPSA) is 49.8 Å². The van der Waals surface area contributed by atoms with Crippen molar-refractivity contribution < 1.29 is 0 Å². The second-order valence-electron chi connectivity index (χ2n) is 5.16. The number of rotatable bonds is 8. The van der Waals surface area contributed by atoms with Crippen molar-refractivity contribution in [2.24, 2.45) is 5.92 Å². The molecule has 1 saturated carbocycles. The minimum Gasteiger partial charge on any atom is -0.370 e. The number of anilines is 2. The lowest BCUT2D eigenvalue weighted by Crippen LogP contribution is -2.09. The molecule has 1 fully saturated rings. The lowest BCUT2D eigenvalue weighted by Gasteiger charge is -2.09. The predicted molar refractivity (Wildman–Crippen MR) is 76.0 cm³/mol. The maximum absolute atomic E-state index is 4.47. The van der Waals surface area contributed by atoms with Crippen LogP contribution in [0.2, 0.25) is 0 Å². The average Bonchev–Trinajstić information content (AvgIpc) is 3.15. The first kappa shape index (κ1) is 13.1. The summed E-state index contributed by atoms with van der Waals surface area (Å²) in [6.45, 7) is 6.08. The maximum Gasteiger partial charge on any atom is 0.224 e. The second-order valence-corrected chi connectivity index (χ2v) is 5.16. The lowest BCUT2D eigenvalue weighted by atomic mass is 10.2. The standard InChI is InChI=1S/C14H24N4/c1-3-8-16-14-17-11(2)10-13(18-14)15-9-4-5-12-6-7-12/h10,12H,3-9H2,1-2H3,(H2,15,16,17,18). The van der Waals surface area contributed by atoms with Crippen LogP contribution in [0.3, 0.4) is 0 Å². The fourth-order valence-corrected chi connectivity index (χ4v) is 1.99. The van der Waals surface area contributed by atoms with Crippen LogP contribution >= 0.6 is 0 Å². The highest BCUT2D eigenvalue weighted by Crippen LogP contribution is 2.33. The van der Waals surface area contributed by atoms with Crippen molar-refractivity contribution in [1.82, 2.24) is 9.97 Å². The molecule has 1 aliphatic rings. The summed E-state index contributed by atoms with van der Waals surface area (Å²) in [4.78, 5) is 8.85. The Balaban J connectivity index is 1.79. The number of nitrogens with zero attached hydrogens (tertiary/aromatic N) is 2. The van der Waals surface area contributed by atoms with Crippen molar-refractivity contribution in [2.75, 3.05) is 23.7 Å². The Labute approximate surface area is 110 Å². The summed E-state index contributed by atoms with van der Waals surface area (Å²) >= 11 is 0. The maximum atomic E-state index is 4.47. The van der Waals surface area contributed by atoms with Gasteiger partial charge in [-0.25, -0.2) is 4.98 Å². The largest absolute Gasteiger partial charge is 0.370 e. The highest BCUT2D eigenvalue weighted by molar-refractivity contribution is 5.42. The van der Waals surface area contributed by atoms with Gasteiger partial charge in [0.25, 0.3) is 0 Å². The molecular formula is C14H24N4. The van der Waals surface area contributed by atoms with Gasteiger partial charge >= 0.3 is 0 Å². The summed E-state index contributed by atoms with van der Waals surface area (Å²) in [6.07, 6.45) is 6.57. The summed E-state index contributed by atoms with van der Waals surface area (Å²) in [7, 11) is 0. The van der Waals surface area contributed by atoms with Gasteiger partial charge in [0.05, 0.1) is 0 Å². The van der Waals surface area contributed by atoms with Crippen molar-refractivity contribution >= 4 is 11.8 Å². The molecule has 2 N–H and O–H groups in total. The molecule has 4 heteroatoms. The Morgan fingerprint density at radius 2 is 2.06 bits per heavy atom. The summed E-state index contributed by atoms with van der Waals surface area (Å²) in [5, 5.41) is 6.63. The quantitative estimate of drug-likeness (QED) is 0.694. The van der Waals surface area contributed by atoms with Gasteiger partial charge in [0, 0.05) is 24.8 Å². The second kappa shape index (κ2) is 6.57. The van der Waals surface area contributed by atoms with E-state index in [0.717, 1.165) is 42.9 Å². The number of hydrogen-bond donors (Lipinski definition) is 2. The molecule has 0 unspecified atom stereocenters. The van der Waals surface area contributed by atoms with E-state index < -0.39 is 0 Å². The molecule has 1 aliphatic carbocycles. The van der Waals surface area contributed by atoms with E-state index in [1.807, 2.05) is 13.0 Å². The van der Waals surface area contributed by atoms with Gasteiger partial charge in [0.1, 0.15) is 5.82 Å². The first-order chi connectivity index (χ1) is 8.78. The van der Waals surface area contributed by atoms with Crippen LogP contribution in [0, 0.1) is 12.8 Å². The predicted octanol–water partition coefficient (Wildman–Crippen LogP) is 3.21. The Morgan fingerprint density at radius 3 is 2.78 bits per heavy atom. The monoisotopic (exact) mass is 248 g/mol. The zero-order valence-corrected chi connectivity index (χ0v) is 11.5. The van der Waals surface area contributed by atoms with E-state index in [-0.39, 0.29) is 0 Å². The van der Waals surface area contributed by atoms with Gasteiger partial charge in [0.15, 0.2) is 0 Å². The van der Waals surface area contributed by atoms with Gasteiger partial charge in [-0.1, -0.05) is 19.8 Å². The van der Waals surface area contributed by atoms with Crippen LogP contribution in [0.25, 0.3) is 0 Å². The van der Waals surface area contributed by atoms with E-state index in [0.29, 0.717) is 0 Å². The zero-order valence-electron chi connectivity index (χ0n) is 11.5. The highest BCUT2D eigenvalue weighted by atomic mass is 15.1. The van der Waals surface area contributed by atoms with E-state index >= 15 is 0 Å². The van der Waals surface area contributed by atoms with Crippen LogP contribution in [0.5, 0.6) is 0 Å². The summed E-state index contributed by atoms with van der Waals surface area (Å²) < 4.78 is 0. The molecule has 0 aromatic carbocycles. The van der Waals surface area contributed by atoms with Crippen LogP contribution in [0.15, 0.2) is 6.07 Å². The van der Waals surface area contributed by atoms with Crippen molar-refractivity contribution in [3.8, 4) is 0 Å². The smallest absolute Gasteiger partial charge is 0.224 e. The van der Waals surface area contributed by atoms with E-state index in [4.69, 9.17) is 0 Å². The van der Waals surface area contributed by atoms with Crippen LogP contribution in [-0.2, 0) is 0 Å². The molecule has 0 atom stereocenters. The summed E-state index contributed by atoms with van der Waals surface area (Å²) in [5.74, 6) is 2.69.